The third-order valence-electron chi connectivity index (χ3n) is 7.67. The first-order valence-electron chi connectivity index (χ1n) is 13.8. The topological polar surface area (TPSA) is 0 Å². The van der Waals surface area contributed by atoms with Crippen molar-refractivity contribution in [3.63, 3.8) is 0 Å². The number of alkyl halides is 1. The van der Waals surface area contributed by atoms with Crippen molar-refractivity contribution in [3.05, 3.63) is 119 Å². The van der Waals surface area contributed by atoms with E-state index < -0.39 is 0 Å². The molecule has 0 aromatic heterocycles. The van der Waals surface area contributed by atoms with E-state index in [4.69, 9.17) is 11.6 Å². The fourth-order valence-corrected chi connectivity index (χ4v) is 5.70. The molecule has 41 heavy (non-hydrogen) atoms. The zero-order chi connectivity index (χ0) is 28.1. The van der Waals surface area contributed by atoms with E-state index in [0.717, 1.165) is 5.88 Å². The summed E-state index contributed by atoms with van der Waals surface area (Å²) in [6.45, 7) is 14.9. The van der Waals surface area contributed by atoms with E-state index in [9.17, 15) is 0 Å². The summed E-state index contributed by atoms with van der Waals surface area (Å²) in [6.07, 6.45) is 4.40. The molecule has 0 aliphatic heterocycles. The number of hydrogen-bond donors (Lipinski definition) is 0. The second kappa shape index (κ2) is 16.1. The van der Waals surface area contributed by atoms with Gasteiger partial charge in [-0.1, -0.05) is 187 Å². The molecule has 0 amide bonds. The monoisotopic (exact) mass is 890 g/mol. The van der Waals surface area contributed by atoms with Crippen LogP contribution in [0, 0.1) is 13.8 Å². The SMILES string of the molecule is CC=C(C)[c-]1c2ccccc2c2cccc(C)c21.CC=C(C)[c-]1c2ccccc2c2cccc(C)c21.CCCl.[Hf].[Hf]. The molecule has 0 spiro atoms. The van der Waals surface area contributed by atoms with Crippen molar-refractivity contribution in [2.45, 2.75) is 48.5 Å². The summed E-state index contributed by atoms with van der Waals surface area (Å²) in [5.41, 5.74) is 8.24. The molecule has 3 heteroatoms. The molecule has 0 aliphatic rings. The zero-order valence-corrected chi connectivity index (χ0v) is 33.3. The summed E-state index contributed by atoms with van der Waals surface area (Å²) in [5.74, 6) is 0.722. The molecule has 6 rings (SSSR count). The second-order valence-corrected chi connectivity index (χ2v) is 10.6. The fraction of sp³-hybridized carbons (Fsp3) is 0.211. The van der Waals surface area contributed by atoms with E-state index in [-0.39, 0.29) is 51.7 Å². The summed E-state index contributed by atoms with van der Waals surface area (Å²) in [5, 5.41) is 11.1. The predicted molar refractivity (Wildman–Crippen MR) is 179 cm³/mol. The van der Waals surface area contributed by atoms with Crippen LogP contribution < -0.4 is 0 Å². The summed E-state index contributed by atoms with van der Waals surface area (Å²) in [4.78, 5) is 0. The molecule has 0 N–H and O–H groups in total. The summed E-state index contributed by atoms with van der Waals surface area (Å²) in [7, 11) is 0. The second-order valence-electron chi connectivity index (χ2n) is 10.0. The number of fused-ring (bicyclic) bond motifs is 6. The Kier molecular flexibility index (Phi) is 13.9. The van der Waals surface area contributed by atoms with Gasteiger partial charge in [0.25, 0.3) is 0 Å². The van der Waals surface area contributed by atoms with E-state index >= 15 is 0 Å². The van der Waals surface area contributed by atoms with Gasteiger partial charge in [0.05, 0.1) is 0 Å². The number of allylic oxidation sites excluding steroid dienone is 4. The van der Waals surface area contributed by atoms with Gasteiger partial charge in [0.1, 0.15) is 0 Å². The first-order valence-corrected chi connectivity index (χ1v) is 14.4. The number of rotatable bonds is 2. The van der Waals surface area contributed by atoms with Crippen molar-refractivity contribution in [2.75, 3.05) is 5.88 Å². The van der Waals surface area contributed by atoms with E-state index in [1.807, 2.05) is 6.92 Å². The summed E-state index contributed by atoms with van der Waals surface area (Å²) < 4.78 is 0. The smallest absolute Gasteiger partial charge is 0.0195 e. The third-order valence-corrected chi connectivity index (χ3v) is 7.67. The Labute approximate surface area is 288 Å². The molecular weight excluding hydrogens is 849 g/mol. The van der Waals surface area contributed by atoms with Gasteiger partial charge in [-0.3, -0.25) is 0 Å². The van der Waals surface area contributed by atoms with Gasteiger partial charge in [0.15, 0.2) is 0 Å². The van der Waals surface area contributed by atoms with Gasteiger partial charge in [-0.25, -0.2) is 0 Å². The van der Waals surface area contributed by atoms with Crippen LogP contribution in [0.2, 0.25) is 0 Å². The van der Waals surface area contributed by atoms with Gasteiger partial charge in [0, 0.05) is 57.6 Å². The first kappa shape index (κ1) is 35.3. The maximum atomic E-state index is 5.00. The Balaban J connectivity index is 0.000000251. The Morgan fingerprint density at radius 2 is 0.902 bits per heavy atom. The van der Waals surface area contributed by atoms with E-state index in [1.165, 1.54) is 76.5 Å². The molecule has 0 nitrogen and oxygen atoms in total. The van der Waals surface area contributed by atoms with Crippen molar-refractivity contribution < 1.29 is 51.7 Å². The molecule has 0 bridgehead atoms. The molecule has 0 atom stereocenters. The molecule has 208 valence electrons. The summed E-state index contributed by atoms with van der Waals surface area (Å²) >= 11 is 5.00. The quantitative estimate of drug-likeness (QED) is 0.0923. The molecule has 0 saturated heterocycles. The molecule has 0 fully saturated rings. The maximum absolute atomic E-state index is 5.00. The third kappa shape index (κ3) is 7.03. The average Bonchev–Trinajstić information content (AvgIpc) is 3.48. The van der Waals surface area contributed by atoms with Gasteiger partial charge >= 0.3 is 0 Å². The first-order chi connectivity index (χ1) is 18.9. The van der Waals surface area contributed by atoms with Gasteiger partial charge in [-0.2, -0.15) is 0 Å². The van der Waals surface area contributed by atoms with Crippen LogP contribution in [0.25, 0.3) is 54.2 Å². The van der Waals surface area contributed by atoms with E-state index in [2.05, 4.69) is 139 Å². The van der Waals surface area contributed by atoms with E-state index in [0.29, 0.717) is 0 Å². The fourth-order valence-electron chi connectivity index (χ4n) is 5.70. The number of benzene rings is 4. The van der Waals surface area contributed by atoms with Crippen molar-refractivity contribution >= 4 is 65.8 Å². The van der Waals surface area contributed by atoms with Crippen LogP contribution in [0.1, 0.15) is 56.9 Å². The Hall–Kier alpha value is -1.87. The maximum Gasteiger partial charge on any atom is 0.0195 e. The zero-order valence-electron chi connectivity index (χ0n) is 25.3. The molecule has 0 unspecified atom stereocenters. The van der Waals surface area contributed by atoms with Crippen LogP contribution in [-0.2, 0) is 51.7 Å². The molecule has 6 aromatic rings. The van der Waals surface area contributed by atoms with Crippen LogP contribution in [0.3, 0.4) is 0 Å². The van der Waals surface area contributed by atoms with Crippen molar-refractivity contribution in [1.29, 1.82) is 0 Å². The normalized spacial score (nSPS) is 11.4. The Morgan fingerprint density at radius 1 is 0.585 bits per heavy atom. The van der Waals surface area contributed by atoms with Crippen LogP contribution in [0.15, 0.2) is 97.1 Å². The largest absolute Gasteiger partial charge is 0.130 e. The van der Waals surface area contributed by atoms with Gasteiger partial charge in [0.2, 0.25) is 0 Å². The molecule has 0 radical (unpaired) electrons. The Morgan fingerprint density at radius 3 is 1.24 bits per heavy atom. The molecule has 0 saturated carbocycles. The van der Waals surface area contributed by atoms with Crippen LogP contribution >= 0.6 is 11.6 Å². The number of hydrogen-bond acceptors (Lipinski definition) is 0. The van der Waals surface area contributed by atoms with Crippen molar-refractivity contribution in [2.24, 2.45) is 0 Å². The van der Waals surface area contributed by atoms with Crippen molar-refractivity contribution in [1.82, 2.24) is 0 Å². The molecule has 6 aromatic carbocycles. The van der Waals surface area contributed by atoms with Crippen LogP contribution in [0.4, 0.5) is 0 Å². The minimum atomic E-state index is 0. The average molecular weight is 888 g/mol. The van der Waals surface area contributed by atoms with Gasteiger partial charge in [-0.05, 0) is 0 Å². The number of halogens is 1. The van der Waals surface area contributed by atoms with Crippen LogP contribution in [-0.4, -0.2) is 5.88 Å². The molecular formula is C38H39ClHf2-2. The molecule has 0 heterocycles. The standard InChI is InChI=1S/2C18H17.C2H5Cl.2Hf/c2*1-4-12(2)17-15-10-6-5-9-14(15)16-11-7-8-13(3)18(16)17;1-2-3;;/h2*4-11H,1-3H3;2H2,1H3;;/q2*-1;;;. The van der Waals surface area contributed by atoms with Crippen molar-refractivity contribution in [3.8, 4) is 0 Å². The van der Waals surface area contributed by atoms with Crippen LogP contribution in [0.5, 0.6) is 0 Å². The van der Waals surface area contributed by atoms with E-state index in [1.54, 1.807) is 0 Å². The van der Waals surface area contributed by atoms with Gasteiger partial charge in [-0.15, -0.1) is 47.0 Å². The summed E-state index contributed by atoms with van der Waals surface area (Å²) in [6, 6.07) is 30.6. The van der Waals surface area contributed by atoms with Gasteiger partial charge < -0.3 is 0 Å². The predicted octanol–water partition coefficient (Wildman–Crippen LogP) is 12.1. The molecule has 0 aliphatic carbocycles. The minimum absolute atomic E-state index is 0. The number of aryl methyl sites for hydroxylation is 2. The minimum Gasteiger partial charge on any atom is -0.130 e. The Bertz CT molecular complexity index is 1680.